The van der Waals surface area contributed by atoms with E-state index in [2.05, 4.69) is 19.3 Å². The van der Waals surface area contributed by atoms with E-state index in [4.69, 9.17) is 10.2 Å². The summed E-state index contributed by atoms with van der Waals surface area (Å²) in [6.07, 6.45) is 0.999. The standard InChI is InChI=1S/C13H20N2O/c1-3-11(2)13(14)9-15-16-10-12-7-5-4-6-8-12/h4-8,11,14-15H,3,9-10H2,1-2H3/t11-/m0/s1. The van der Waals surface area contributed by atoms with Gasteiger partial charge in [-0.2, -0.15) is 5.48 Å². The summed E-state index contributed by atoms with van der Waals surface area (Å²) < 4.78 is 0. The highest BCUT2D eigenvalue weighted by molar-refractivity contribution is 5.85. The van der Waals surface area contributed by atoms with E-state index >= 15 is 0 Å². The van der Waals surface area contributed by atoms with Gasteiger partial charge in [-0.25, -0.2) is 0 Å². The van der Waals surface area contributed by atoms with E-state index in [1.165, 1.54) is 0 Å². The van der Waals surface area contributed by atoms with Crippen LogP contribution in [0.5, 0.6) is 0 Å². The highest BCUT2D eigenvalue weighted by Gasteiger charge is 2.05. The molecule has 0 saturated carbocycles. The van der Waals surface area contributed by atoms with E-state index in [0.717, 1.165) is 12.0 Å². The lowest BCUT2D eigenvalue weighted by Gasteiger charge is -2.11. The lowest BCUT2D eigenvalue weighted by molar-refractivity contribution is 0.0370. The van der Waals surface area contributed by atoms with Crippen molar-refractivity contribution >= 4 is 5.71 Å². The molecule has 0 heterocycles. The van der Waals surface area contributed by atoms with Crippen LogP contribution < -0.4 is 5.48 Å². The van der Waals surface area contributed by atoms with Gasteiger partial charge in [-0.15, -0.1) is 0 Å². The molecule has 1 aromatic carbocycles. The van der Waals surface area contributed by atoms with E-state index in [1.807, 2.05) is 30.3 Å². The Labute approximate surface area is 97.3 Å². The summed E-state index contributed by atoms with van der Waals surface area (Å²) >= 11 is 0. The van der Waals surface area contributed by atoms with Crippen molar-refractivity contribution in [1.29, 1.82) is 5.41 Å². The number of hydrogen-bond donors (Lipinski definition) is 2. The summed E-state index contributed by atoms with van der Waals surface area (Å²) in [5.41, 5.74) is 4.64. The fourth-order valence-corrected chi connectivity index (χ4v) is 1.26. The van der Waals surface area contributed by atoms with Crippen LogP contribution in [0.4, 0.5) is 0 Å². The van der Waals surface area contributed by atoms with Gasteiger partial charge in [0.1, 0.15) is 0 Å². The van der Waals surface area contributed by atoms with Gasteiger partial charge in [0.2, 0.25) is 0 Å². The summed E-state index contributed by atoms with van der Waals surface area (Å²) in [5, 5.41) is 7.74. The molecule has 0 saturated heterocycles. The van der Waals surface area contributed by atoms with E-state index in [1.54, 1.807) is 0 Å². The average molecular weight is 220 g/mol. The van der Waals surface area contributed by atoms with Crippen molar-refractivity contribution in [2.75, 3.05) is 6.54 Å². The van der Waals surface area contributed by atoms with Gasteiger partial charge < -0.3 is 5.41 Å². The Bertz CT molecular complexity index is 311. The highest BCUT2D eigenvalue weighted by atomic mass is 16.6. The zero-order valence-electron chi connectivity index (χ0n) is 9.99. The van der Waals surface area contributed by atoms with Crippen molar-refractivity contribution in [1.82, 2.24) is 5.48 Å². The van der Waals surface area contributed by atoms with E-state index in [9.17, 15) is 0 Å². The predicted molar refractivity (Wildman–Crippen MR) is 66.4 cm³/mol. The molecule has 3 heteroatoms. The highest BCUT2D eigenvalue weighted by Crippen LogP contribution is 2.02. The molecule has 0 bridgehead atoms. The lowest BCUT2D eigenvalue weighted by atomic mass is 10.0. The van der Waals surface area contributed by atoms with Crippen LogP contribution in [0.15, 0.2) is 30.3 Å². The van der Waals surface area contributed by atoms with Gasteiger partial charge in [0.05, 0.1) is 13.2 Å². The molecule has 0 radical (unpaired) electrons. The molecule has 88 valence electrons. The van der Waals surface area contributed by atoms with Crippen LogP contribution >= 0.6 is 0 Å². The quantitative estimate of drug-likeness (QED) is 0.421. The first-order chi connectivity index (χ1) is 7.74. The monoisotopic (exact) mass is 220 g/mol. The van der Waals surface area contributed by atoms with Crippen LogP contribution in [0, 0.1) is 11.3 Å². The number of nitrogens with one attached hydrogen (secondary N) is 2. The molecule has 1 aromatic rings. The second-order valence-corrected chi connectivity index (χ2v) is 3.93. The minimum absolute atomic E-state index is 0.327. The largest absolute Gasteiger partial charge is 0.308 e. The topological polar surface area (TPSA) is 45.1 Å². The van der Waals surface area contributed by atoms with Crippen molar-refractivity contribution in [2.45, 2.75) is 26.9 Å². The van der Waals surface area contributed by atoms with Gasteiger partial charge in [-0.05, 0) is 17.9 Å². The zero-order chi connectivity index (χ0) is 11.8. The molecule has 0 unspecified atom stereocenters. The molecule has 0 aromatic heterocycles. The van der Waals surface area contributed by atoms with Crippen molar-refractivity contribution in [3.63, 3.8) is 0 Å². The van der Waals surface area contributed by atoms with Gasteiger partial charge >= 0.3 is 0 Å². The first-order valence-electron chi connectivity index (χ1n) is 5.70. The van der Waals surface area contributed by atoms with E-state index < -0.39 is 0 Å². The van der Waals surface area contributed by atoms with E-state index in [0.29, 0.717) is 24.8 Å². The molecule has 0 aliphatic carbocycles. The molecular formula is C13H20N2O. The van der Waals surface area contributed by atoms with Gasteiger partial charge in [-0.1, -0.05) is 44.2 Å². The zero-order valence-corrected chi connectivity index (χ0v) is 9.99. The fourth-order valence-electron chi connectivity index (χ4n) is 1.26. The van der Waals surface area contributed by atoms with Crippen LogP contribution in [0.25, 0.3) is 0 Å². The SMILES string of the molecule is CC[C@H](C)C(=N)CNOCc1ccccc1. The Hall–Kier alpha value is -1.19. The Balaban J connectivity index is 2.15. The molecule has 0 spiro atoms. The van der Waals surface area contributed by atoms with Crippen LogP contribution in [-0.4, -0.2) is 12.3 Å². The Kier molecular flexibility index (Phi) is 5.75. The van der Waals surface area contributed by atoms with Crippen molar-refractivity contribution in [2.24, 2.45) is 5.92 Å². The third-order valence-corrected chi connectivity index (χ3v) is 2.65. The number of hydrogen-bond acceptors (Lipinski definition) is 3. The second-order valence-electron chi connectivity index (χ2n) is 3.93. The molecule has 3 nitrogen and oxygen atoms in total. The summed E-state index contributed by atoms with van der Waals surface area (Å²) in [7, 11) is 0. The maximum Gasteiger partial charge on any atom is 0.0933 e. The molecule has 16 heavy (non-hydrogen) atoms. The van der Waals surface area contributed by atoms with Gasteiger partial charge in [-0.3, -0.25) is 4.84 Å². The van der Waals surface area contributed by atoms with Gasteiger partial charge in [0.15, 0.2) is 0 Å². The van der Waals surface area contributed by atoms with Crippen molar-refractivity contribution in [3.05, 3.63) is 35.9 Å². The smallest absolute Gasteiger partial charge is 0.0933 e. The third-order valence-electron chi connectivity index (χ3n) is 2.65. The summed E-state index contributed by atoms with van der Waals surface area (Å²) in [6.45, 7) is 5.18. The summed E-state index contributed by atoms with van der Waals surface area (Å²) in [4.78, 5) is 5.29. The molecule has 0 aliphatic rings. The maximum atomic E-state index is 7.74. The molecule has 1 atom stereocenters. The molecule has 0 aliphatic heterocycles. The number of rotatable bonds is 7. The summed E-state index contributed by atoms with van der Waals surface area (Å²) in [6, 6.07) is 9.98. The minimum Gasteiger partial charge on any atom is -0.308 e. The second kappa shape index (κ2) is 7.14. The third kappa shape index (κ3) is 4.55. The van der Waals surface area contributed by atoms with Crippen LogP contribution in [-0.2, 0) is 11.4 Å². The van der Waals surface area contributed by atoms with Crippen LogP contribution in [0.2, 0.25) is 0 Å². The van der Waals surface area contributed by atoms with Gasteiger partial charge in [0, 0.05) is 5.71 Å². The molecule has 1 rings (SSSR count). The average Bonchev–Trinajstić information content (AvgIpc) is 2.34. The Morgan fingerprint density at radius 1 is 1.38 bits per heavy atom. The van der Waals surface area contributed by atoms with Crippen LogP contribution in [0.1, 0.15) is 25.8 Å². The van der Waals surface area contributed by atoms with Crippen molar-refractivity contribution < 1.29 is 4.84 Å². The van der Waals surface area contributed by atoms with Crippen molar-refractivity contribution in [3.8, 4) is 0 Å². The Morgan fingerprint density at radius 3 is 2.69 bits per heavy atom. The Morgan fingerprint density at radius 2 is 2.06 bits per heavy atom. The molecule has 0 amide bonds. The predicted octanol–water partition coefficient (Wildman–Crippen LogP) is 2.77. The first kappa shape index (κ1) is 12.9. The fraction of sp³-hybridized carbons (Fsp3) is 0.462. The number of benzene rings is 1. The lowest BCUT2D eigenvalue weighted by Crippen LogP contribution is -2.26. The molecule has 0 fully saturated rings. The summed E-state index contributed by atoms with van der Waals surface area (Å²) in [5.74, 6) is 0.327. The molecular weight excluding hydrogens is 200 g/mol. The normalized spacial score (nSPS) is 12.4. The van der Waals surface area contributed by atoms with E-state index in [-0.39, 0.29) is 0 Å². The number of hydroxylamine groups is 1. The minimum atomic E-state index is 0.327. The van der Waals surface area contributed by atoms with Crippen LogP contribution in [0.3, 0.4) is 0 Å². The van der Waals surface area contributed by atoms with Gasteiger partial charge in [0.25, 0.3) is 0 Å². The molecule has 2 N–H and O–H groups in total. The maximum absolute atomic E-state index is 7.74. The first-order valence-corrected chi connectivity index (χ1v) is 5.70.